The minimum Gasteiger partial charge on any atom is -0.242 e. The second-order valence-electron chi connectivity index (χ2n) is 4.29. The van der Waals surface area contributed by atoms with Crippen molar-refractivity contribution in [2.75, 3.05) is 0 Å². The van der Waals surface area contributed by atoms with Crippen LogP contribution in [0.15, 0.2) is 21.6 Å². The molecule has 0 aromatic carbocycles. The molecule has 0 atom stereocenters. The van der Waals surface area contributed by atoms with E-state index in [1.165, 1.54) is 12.3 Å². The van der Waals surface area contributed by atoms with E-state index in [-0.39, 0.29) is 10.0 Å². The van der Waals surface area contributed by atoms with Crippen LogP contribution in [0.5, 0.6) is 0 Å². The second kappa shape index (κ2) is 5.22. The smallest absolute Gasteiger partial charge is 0.242 e. The molecule has 1 heterocycles. The van der Waals surface area contributed by atoms with Gasteiger partial charge in [0.15, 0.2) is 0 Å². The Morgan fingerprint density at radius 3 is 2.65 bits per heavy atom. The number of sulfonamides is 1. The maximum atomic E-state index is 12.1. The first-order chi connectivity index (χ1) is 7.68. The Hall–Kier alpha value is -0.170. The molecular formula is C10H14BrClN2O2S. The molecule has 1 aromatic rings. The quantitative estimate of drug-likeness (QED) is 0.857. The lowest BCUT2D eigenvalue weighted by Crippen LogP contribution is -2.42. The van der Waals surface area contributed by atoms with Gasteiger partial charge in [0.05, 0.1) is 0 Å². The van der Waals surface area contributed by atoms with Crippen LogP contribution in [0.4, 0.5) is 0 Å². The maximum absolute atomic E-state index is 12.1. The van der Waals surface area contributed by atoms with E-state index in [9.17, 15) is 8.42 Å². The van der Waals surface area contributed by atoms with Crippen molar-refractivity contribution in [2.45, 2.75) is 37.6 Å². The molecular weight excluding hydrogens is 328 g/mol. The summed E-state index contributed by atoms with van der Waals surface area (Å²) in [6.45, 7) is 5.52. The highest BCUT2D eigenvalue weighted by Crippen LogP contribution is 2.24. The van der Waals surface area contributed by atoms with Gasteiger partial charge in [0.2, 0.25) is 10.0 Å². The summed E-state index contributed by atoms with van der Waals surface area (Å²) in [5.74, 6) is 0. The lowest BCUT2D eigenvalue weighted by atomic mass is 10.0. The standard InChI is InChI=1S/C10H14BrClN2O2S/c1-4-10(2,3)14-17(15,16)8-5-7(11)6-13-9(8)12/h5-6,14H,4H2,1-3H3. The number of rotatable bonds is 4. The largest absolute Gasteiger partial charge is 0.244 e. The van der Waals surface area contributed by atoms with Crippen molar-refractivity contribution in [3.63, 3.8) is 0 Å². The van der Waals surface area contributed by atoms with E-state index in [4.69, 9.17) is 11.6 Å². The summed E-state index contributed by atoms with van der Waals surface area (Å²) < 4.78 is 27.4. The minimum absolute atomic E-state index is 0.0185. The van der Waals surface area contributed by atoms with Gasteiger partial charge in [-0.25, -0.2) is 18.1 Å². The molecule has 0 unspecified atom stereocenters. The molecule has 0 aliphatic carbocycles. The fraction of sp³-hybridized carbons (Fsp3) is 0.500. The zero-order valence-electron chi connectivity index (χ0n) is 9.79. The highest BCUT2D eigenvalue weighted by Gasteiger charge is 2.26. The normalized spacial score (nSPS) is 12.8. The number of pyridine rings is 1. The summed E-state index contributed by atoms with van der Waals surface area (Å²) in [6, 6.07) is 1.43. The van der Waals surface area contributed by atoms with Gasteiger partial charge < -0.3 is 0 Å². The van der Waals surface area contributed by atoms with Crippen LogP contribution in [0, 0.1) is 0 Å². The van der Waals surface area contributed by atoms with E-state index in [0.29, 0.717) is 10.9 Å². The van der Waals surface area contributed by atoms with Crippen molar-refractivity contribution in [2.24, 2.45) is 0 Å². The molecule has 1 aromatic heterocycles. The Morgan fingerprint density at radius 1 is 1.53 bits per heavy atom. The van der Waals surface area contributed by atoms with Gasteiger partial charge in [0.1, 0.15) is 10.0 Å². The summed E-state index contributed by atoms with van der Waals surface area (Å²) >= 11 is 8.97. The van der Waals surface area contributed by atoms with Crippen LogP contribution in [0.1, 0.15) is 27.2 Å². The molecule has 0 amide bonds. The van der Waals surface area contributed by atoms with Gasteiger partial charge in [0.25, 0.3) is 0 Å². The molecule has 0 saturated carbocycles. The molecule has 0 bridgehead atoms. The molecule has 0 aliphatic rings. The van der Waals surface area contributed by atoms with Crippen molar-refractivity contribution >= 4 is 37.6 Å². The Balaban J connectivity index is 3.18. The molecule has 0 saturated heterocycles. The number of aromatic nitrogens is 1. The second-order valence-corrected chi connectivity index (χ2v) is 7.21. The predicted molar refractivity (Wildman–Crippen MR) is 71.6 cm³/mol. The molecule has 17 heavy (non-hydrogen) atoms. The van der Waals surface area contributed by atoms with Crippen LogP contribution in [-0.4, -0.2) is 18.9 Å². The Bertz CT molecular complexity index is 517. The molecule has 0 spiro atoms. The Labute approximate surface area is 115 Å². The fourth-order valence-electron chi connectivity index (χ4n) is 1.08. The van der Waals surface area contributed by atoms with E-state index in [2.05, 4.69) is 25.6 Å². The van der Waals surface area contributed by atoms with Gasteiger partial charge in [-0.1, -0.05) is 18.5 Å². The minimum atomic E-state index is -3.66. The predicted octanol–water partition coefficient (Wildman–Crippen LogP) is 2.96. The summed E-state index contributed by atoms with van der Waals surface area (Å²) in [4.78, 5) is 3.78. The first-order valence-electron chi connectivity index (χ1n) is 5.03. The molecule has 4 nitrogen and oxygen atoms in total. The van der Waals surface area contributed by atoms with E-state index in [0.717, 1.165) is 0 Å². The lowest BCUT2D eigenvalue weighted by Gasteiger charge is -2.24. The van der Waals surface area contributed by atoms with Crippen LogP contribution in [-0.2, 0) is 10.0 Å². The van der Waals surface area contributed by atoms with Crippen molar-refractivity contribution in [3.05, 3.63) is 21.9 Å². The number of nitrogens with zero attached hydrogens (tertiary/aromatic N) is 1. The highest BCUT2D eigenvalue weighted by atomic mass is 79.9. The number of halogens is 2. The third-order valence-electron chi connectivity index (χ3n) is 2.36. The van der Waals surface area contributed by atoms with Gasteiger partial charge in [-0.2, -0.15) is 0 Å². The van der Waals surface area contributed by atoms with Crippen molar-refractivity contribution in [1.29, 1.82) is 0 Å². The zero-order chi connectivity index (χ0) is 13.3. The third kappa shape index (κ3) is 3.91. The molecule has 0 radical (unpaired) electrons. The number of hydrogen-bond acceptors (Lipinski definition) is 3. The Kier molecular flexibility index (Phi) is 4.57. The molecule has 7 heteroatoms. The average molecular weight is 342 g/mol. The summed E-state index contributed by atoms with van der Waals surface area (Å²) in [5, 5.41) is -0.0346. The van der Waals surface area contributed by atoms with Gasteiger partial charge in [-0.05, 0) is 42.3 Å². The van der Waals surface area contributed by atoms with Crippen LogP contribution in [0.25, 0.3) is 0 Å². The molecule has 0 fully saturated rings. The SMILES string of the molecule is CCC(C)(C)NS(=O)(=O)c1cc(Br)cnc1Cl. The van der Waals surface area contributed by atoms with Gasteiger partial charge in [0, 0.05) is 16.2 Å². The summed E-state index contributed by atoms with van der Waals surface area (Å²) in [6.07, 6.45) is 2.12. The molecule has 96 valence electrons. The van der Waals surface area contributed by atoms with Crippen LogP contribution < -0.4 is 4.72 Å². The molecule has 1 N–H and O–H groups in total. The maximum Gasteiger partial charge on any atom is 0.244 e. The average Bonchev–Trinajstić information content (AvgIpc) is 2.20. The topological polar surface area (TPSA) is 59.1 Å². The van der Waals surface area contributed by atoms with Gasteiger partial charge >= 0.3 is 0 Å². The summed E-state index contributed by atoms with van der Waals surface area (Å²) in [7, 11) is -3.66. The van der Waals surface area contributed by atoms with Gasteiger partial charge in [-0.3, -0.25) is 0 Å². The fourth-order valence-corrected chi connectivity index (χ4v) is 3.51. The monoisotopic (exact) mass is 340 g/mol. The van der Waals surface area contributed by atoms with E-state index in [1.54, 1.807) is 0 Å². The van der Waals surface area contributed by atoms with E-state index < -0.39 is 15.6 Å². The number of hydrogen-bond donors (Lipinski definition) is 1. The number of nitrogens with one attached hydrogen (secondary N) is 1. The Morgan fingerprint density at radius 2 is 2.12 bits per heavy atom. The van der Waals surface area contributed by atoms with E-state index in [1.807, 2.05) is 20.8 Å². The molecule has 1 rings (SSSR count). The zero-order valence-corrected chi connectivity index (χ0v) is 12.9. The molecule has 0 aliphatic heterocycles. The van der Waals surface area contributed by atoms with Crippen LogP contribution in [0.2, 0.25) is 5.15 Å². The lowest BCUT2D eigenvalue weighted by molar-refractivity contribution is 0.439. The van der Waals surface area contributed by atoms with Crippen molar-refractivity contribution in [1.82, 2.24) is 9.71 Å². The first kappa shape index (κ1) is 14.9. The van der Waals surface area contributed by atoms with Crippen LogP contribution in [0.3, 0.4) is 0 Å². The van der Waals surface area contributed by atoms with Gasteiger partial charge in [-0.15, -0.1) is 0 Å². The van der Waals surface area contributed by atoms with E-state index >= 15 is 0 Å². The van der Waals surface area contributed by atoms with Crippen LogP contribution >= 0.6 is 27.5 Å². The van der Waals surface area contributed by atoms with Crippen molar-refractivity contribution < 1.29 is 8.42 Å². The third-order valence-corrected chi connectivity index (χ3v) is 4.92. The first-order valence-corrected chi connectivity index (χ1v) is 7.68. The van der Waals surface area contributed by atoms with Crippen molar-refractivity contribution in [3.8, 4) is 0 Å². The highest BCUT2D eigenvalue weighted by molar-refractivity contribution is 9.10. The summed E-state index contributed by atoms with van der Waals surface area (Å²) in [5.41, 5.74) is -0.523.